The second kappa shape index (κ2) is 4.79. The number of nitrogens with zero attached hydrogens (tertiary/aromatic N) is 3. The number of aromatic carboxylic acids is 1. The van der Waals surface area contributed by atoms with Crippen LogP contribution in [0.4, 0.5) is 0 Å². The second-order valence-electron chi connectivity index (χ2n) is 3.59. The fourth-order valence-corrected chi connectivity index (χ4v) is 1.57. The first-order valence-corrected chi connectivity index (χ1v) is 5.39. The summed E-state index contributed by atoms with van der Waals surface area (Å²) in [4.78, 5) is 30.7. The van der Waals surface area contributed by atoms with Gasteiger partial charge in [-0.15, -0.1) is 0 Å². The molecule has 0 bridgehead atoms. The summed E-state index contributed by atoms with van der Waals surface area (Å²) in [6.45, 7) is 2.11. The molecule has 0 aliphatic heterocycles. The van der Waals surface area contributed by atoms with Crippen molar-refractivity contribution in [1.82, 2.24) is 14.5 Å². The van der Waals surface area contributed by atoms with Gasteiger partial charge in [0.15, 0.2) is 0 Å². The molecular weight excluding hydrogens is 234 g/mol. The van der Waals surface area contributed by atoms with Gasteiger partial charge in [-0.2, -0.15) is 4.98 Å². The molecule has 18 heavy (non-hydrogen) atoms. The summed E-state index contributed by atoms with van der Waals surface area (Å²) >= 11 is 0. The summed E-state index contributed by atoms with van der Waals surface area (Å²) in [6, 6.07) is 5.03. The van der Waals surface area contributed by atoms with Crippen LogP contribution in [0.1, 0.15) is 17.3 Å². The third-order valence-corrected chi connectivity index (χ3v) is 2.47. The highest BCUT2D eigenvalue weighted by atomic mass is 16.4. The summed E-state index contributed by atoms with van der Waals surface area (Å²) in [5.41, 5.74) is -0.0497. The van der Waals surface area contributed by atoms with Crippen molar-refractivity contribution in [3.63, 3.8) is 0 Å². The molecule has 92 valence electrons. The molecule has 2 aromatic rings. The lowest BCUT2D eigenvalue weighted by Gasteiger charge is -2.07. The van der Waals surface area contributed by atoms with Gasteiger partial charge in [0.25, 0.3) is 0 Å². The number of pyridine rings is 1. The Labute approximate surface area is 103 Å². The lowest BCUT2D eigenvalue weighted by atomic mass is 10.1. The average Bonchev–Trinajstić information content (AvgIpc) is 2.39. The molecule has 0 radical (unpaired) electrons. The SMILES string of the molecule is CCn1cc(C(=O)O)c(-c2ccccn2)nc1=O. The Morgan fingerprint density at radius 2 is 2.22 bits per heavy atom. The predicted molar refractivity (Wildman–Crippen MR) is 64.4 cm³/mol. The molecule has 6 nitrogen and oxygen atoms in total. The van der Waals surface area contributed by atoms with Gasteiger partial charge in [-0.05, 0) is 19.1 Å². The molecule has 0 amide bonds. The van der Waals surface area contributed by atoms with Crippen molar-refractivity contribution in [2.75, 3.05) is 0 Å². The maximum absolute atomic E-state index is 11.7. The van der Waals surface area contributed by atoms with Crippen LogP contribution in [-0.4, -0.2) is 25.6 Å². The van der Waals surface area contributed by atoms with Crippen molar-refractivity contribution in [1.29, 1.82) is 0 Å². The van der Waals surface area contributed by atoms with E-state index < -0.39 is 11.7 Å². The third-order valence-electron chi connectivity index (χ3n) is 2.47. The number of hydrogen-bond acceptors (Lipinski definition) is 4. The van der Waals surface area contributed by atoms with Crippen LogP contribution in [-0.2, 0) is 6.54 Å². The summed E-state index contributed by atoms with van der Waals surface area (Å²) in [6.07, 6.45) is 2.82. The highest BCUT2D eigenvalue weighted by Crippen LogP contribution is 2.17. The summed E-state index contributed by atoms with van der Waals surface area (Å²) in [5.74, 6) is -1.13. The van der Waals surface area contributed by atoms with E-state index in [9.17, 15) is 9.59 Å². The Hall–Kier alpha value is -2.50. The molecule has 6 heteroatoms. The molecule has 2 aromatic heterocycles. The molecule has 0 aromatic carbocycles. The Morgan fingerprint density at radius 1 is 1.44 bits per heavy atom. The van der Waals surface area contributed by atoms with Gasteiger partial charge in [-0.25, -0.2) is 9.59 Å². The van der Waals surface area contributed by atoms with Crippen molar-refractivity contribution in [3.05, 3.63) is 46.6 Å². The number of carbonyl (C=O) groups is 1. The van der Waals surface area contributed by atoms with E-state index in [4.69, 9.17) is 5.11 Å². The zero-order chi connectivity index (χ0) is 13.1. The highest BCUT2D eigenvalue weighted by molar-refractivity contribution is 5.93. The van der Waals surface area contributed by atoms with Gasteiger partial charge in [0.1, 0.15) is 11.3 Å². The van der Waals surface area contributed by atoms with Crippen molar-refractivity contribution >= 4 is 5.97 Å². The van der Waals surface area contributed by atoms with Crippen LogP contribution in [0.5, 0.6) is 0 Å². The lowest BCUT2D eigenvalue weighted by molar-refractivity contribution is 0.0696. The molecular formula is C12H11N3O3. The van der Waals surface area contributed by atoms with Crippen LogP contribution >= 0.6 is 0 Å². The van der Waals surface area contributed by atoms with Crippen LogP contribution in [0.25, 0.3) is 11.4 Å². The van der Waals surface area contributed by atoms with Gasteiger partial charge in [0.2, 0.25) is 0 Å². The Morgan fingerprint density at radius 3 is 2.78 bits per heavy atom. The smallest absolute Gasteiger partial charge is 0.348 e. The first kappa shape index (κ1) is 12.0. The zero-order valence-corrected chi connectivity index (χ0v) is 9.70. The molecule has 0 aliphatic carbocycles. The third kappa shape index (κ3) is 2.13. The molecule has 0 atom stereocenters. The normalized spacial score (nSPS) is 10.3. The molecule has 0 spiro atoms. The van der Waals surface area contributed by atoms with Crippen LogP contribution in [0.15, 0.2) is 35.4 Å². The summed E-state index contributed by atoms with van der Waals surface area (Å²) in [5, 5.41) is 9.15. The first-order valence-electron chi connectivity index (χ1n) is 5.39. The summed E-state index contributed by atoms with van der Waals surface area (Å²) < 4.78 is 1.25. The van der Waals surface area contributed by atoms with E-state index in [0.717, 1.165) is 0 Å². The maximum Gasteiger partial charge on any atom is 0.348 e. The Bertz CT molecular complexity index is 635. The van der Waals surface area contributed by atoms with Gasteiger partial charge >= 0.3 is 11.7 Å². The van der Waals surface area contributed by atoms with Gasteiger partial charge in [0.05, 0.1) is 5.69 Å². The number of carboxylic acid groups (broad SMARTS) is 1. The van der Waals surface area contributed by atoms with E-state index in [1.54, 1.807) is 25.1 Å². The zero-order valence-electron chi connectivity index (χ0n) is 9.70. The number of hydrogen-bond donors (Lipinski definition) is 1. The Balaban J connectivity index is 2.70. The molecule has 2 rings (SSSR count). The standard InChI is InChI=1S/C12H11N3O3/c1-2-15-7-8(11(16)17)10(14-12(15)18)9-5-3-4-6-13-9/h3-7H,2H2,1H3,(H,16,17). The fourth-order valence-electron chi connectivity index (χ4n) is 1.57. The van der Waals surface area contributed by atoms with E-state index in [1.807, 2.05) is 0 Å². The fraction of sp³-hybridized carbons (Fsp3) is 0.167. The monoisotopic (exact) mass is 245 g/mol. The van der Waals surface area contributed by atoms with E-state index in [0.29, 0.717) is 12.2 Å². The predicted octanol–water partition coefficient (Wildman–Crippen LogP) is 1.02. The van der Waals surface area contributed by atoms with Gasteiger partial charge in [-0.1, -0.05) is 6.07 Å². The van der Waals surface area contributed by atoms with E-state index in [2.05, 4.69) is 9.97 Å². The first-order chi connectivity index (χ1) is 8.63. The molecule has 0 fully saturated rings. The lowest BCUT2D eigenvalue weighted by Crippen LogP contribution is -2.24. The minimum Gasteiger partial charge on any atom is -0.478 e. The average molecular weight is 245 g/mol. The van der Waals surface area contributed by atoms with Gasteiger partial charge in [0, 0.05) is 18.9 Å². The second-order valence-corrected chi connectivity index (χ2v) is 3.59. The van der Waals surface area contributed by atoms with Crippen molar-refractivity contribution in [2.45, 2.75) is 13.5 Å². The van der Waals surface area contributed by atoms with E-state index >= 15 is 0 Å². The van der Waals surface area contributed by atoms with Crippen LogP contribution < -0.4 is 5.69 Å². The van der Waals surface area contributed by atoms with Crippen LogP contribution in [0.3, 0.4) is 0 Å². The number of carboxylic acids is 1. The van der Waals surface area contributed by atoms with Crippen molar-refractivity contribution < 1.29 is 9.90 Å². The molecule has 0 saturated heterocycles. The van der Waals surface area contributed by atoms with E-state index in [1.165, 1.54) is 17.0 Å². The topological polar surface area (TPSA) is 85.1 Å². The Kier molecular flexibility index (Phi) is 3.18. The van der Waals surface area contributed by atoms with Gasteiger partial charge in [-0.3, -0.25) is 9.55 Å². The largest absolute Gasteiger partial charge is 0.478 e. The summed E-state index contributed by atoms with van der Waals surface area (Å²) in [7, 11) is 0. The quantitative estimate of drug-likeness (QED) is 0.872. The van der Waals surface area contributed by atoms with Gasteiger partial charge < -0.3 is 5.11 Å². The number of rotatable bonds is 3. The molecule has 0 aliphatic rings. The van der Waals surface area contributed by atoms with Crippen molar-refractivity contribution in [2.24, 2.45) is 0 Å². The number of aromatic nitrogens is 3. The molecule has 1 N–H and O–H groups in total. The van der Waals surface area contributed by atoms with E-state index in [-0.39, 0.29) is 11.3 Å². The van der Waals surface area contributed by atoms with Crippen molar-refractivity contribution in [3.8, 4) is 11.4 Å². The highest BCUT2D eigenvalue weighted by Gasteiger charge is 2.16. The maximum atomic E-state index is 11.7. The number of aryl methyl sites for hydroxylation is 1. The molecule has 0 saturated carbocycles. The van der Waals surface area contributed by atoms with Crippen LogP contribution in [0, 0.1) is 0 Å². The molecule has 0 unspecified atom stereocenters. The molecule has 2 heterocycles. The minimum atomic E-state index is -1.13. The minimum absolute atomic E-state index is 0.0323. The van der Waals surface area contributed by atoms with Crippen LogP contribution in [0.2, 0.25) is 0 Å².